The van der Waals surface area contributed by atoms with Gasteiger partial charge in [0.2, 0.25) is 0 Å². The lowest BCUT2D eigenvalue weighted by atomic mass is 10.0. The Bertz CT molecular complexity index is 774. The second kappa shape index (κ2) is 12.7. The number of fused-ring (bicyclic) bond motifs is 1. The van der Waals surface area contributed by atoms with Gasteiger partial charge >= 0.3 is 0 Å². The topological polar surface area (TPSA) is 40.0 Å². The molecule has 2 rings (SSSR count). The zero-order valence-corrected chi connectivity index (χ0v) is 19.5. The molecule has 6 heteroatoms. The predicted octanol–water partition coefficient (Wildman–Crippen LogP) is 5.30. The first-order chi connectivity index (χ1) is 14.5. The van der Waals surface area contributed by atoms with Gasteiger partial charge in [0.05, 0.1) is 12.3 Å². The zero-order valence-electron chi connectivity index (χ0n) is 18.7. The van der Waals surface area contributed by atoms with Crippen LogP contribution in [-0.4, -0.2) is 55.8 Å². The molecule has 4 nitrogen and oxygen atoms in total. The molecule has 2 aliphatic rings. The summed E-state index contributed by atoms with van der Waals surface area (Å²) in [6, 6.07) is 0. The van der Waals surface area contributed by atoms with Crippen LogP contribution in [-0.2, 0) is 0 Å². The monoisotopic (exact) mass is 430 g/mol. The number of aliphatic imine (C=N–C) groups is 2. The van der Waals surface area contributed by atoms with Gasteiger partial charge in [0.15, 0.2) is 0 Å². The Balaban J connectivity index is 2.33. The number of halogens is 1. The van der Waals surface area contributed by atoms with Crippen molar-refractivity contribution in [1.29, 1.82) is 0 Å². The average molecular weight is 431 g/mol. The maximum Gasteiger partial charge on any atom is 0.142 e. The van der Waals surface area contributed by atoms with Gasteiger partial charge < -0.3 is 10.2 Å². The highest BCUT2D eigenvalue weighted by molar-refractivity contribution is 8.06. The summed E-state index contributed by atoms with van der Waals surface area (Å²) in [5.41, 5.74) is 3.35. The molecule has 1 N–H and O–H groups in total. The van der Waals surface area contributed by atoms with Crippen LogP contribution in [0.3, 0.4) is 0 Å². The minimum Gasteiger partial charge on any atom is -0.329 e. The summed E-state index contributed by atoms with van der Waals surface area (Å²) in [6.07, 6.45) is 10.4. The standard InChI is InChI=1S/C24H35FN4S/c1-6-12-27-15-19-14-22-20(21(26-5)11-9-10-18(4)25)16-28-24(29(22)17-19)23(8-3)30-13-7-2/h6-9,11,13,18-19,27H,1,10,12,14-17H2,2-5H3/b11-9-,13-7-,23-8+,26-21+. The fraction of sp³-hybridized carbons (Fsp3) is 0.500. The largest absolute Gasteiger partial charge is 0.329 e. The highest BCUT2D eigenvalue weighted by Gasteiger charge is 2.35. The van der Waals surface area contributed by atoms with Crippen molar-refractivity contribution in [3.8, 4) is 0 Å². The first-order valence-corrected chi connectivity index (χ1v) is 11.5. The van der Waals surface area contributed by atoms with Gasteiger partial charge in [-0.1, -0.05) is 36.1 Å². The molecule has 2 unspecified atom stereocenters. The van der Waals surface area contributed by atoms with Crippen molar-refractivity contribution in [2.45, 2.75) is 39.8 Å². The zero-order chi connectivity index (χ0) is 21.9. The lowest BCUT2D eigenvalue weighted by molar-refractivity contribution is 0.365. The van der Waals surface area contributed by atoms with Crippen LogP contribution in [0, 0.1) is 5.92 Å². The quantitative estimate of drug-likeness (QED) is 0.275. The molecular formula is C24H35FN4S. The van der Waals surface area contributed by atoms with E-state index < -0.39 is 6.17 Å². The molecule has 0 spiro atoms. The molecule has 2 aliphatic heterocycles. The first kappa shape index (κ1) is 24.4. The summed E-state index contributed by atoms with van der Waals surface area (Å²) in [6.45, 7) is 12.7. The van der Waals surface area contributed by atoms with Crippen molar-refractivity contribution >= 4 is 23.3 Å². The summed E-state index contributed by atoms with van der Waals surface area (Å²) in [4.78, 5) is 13.0. The third-order valence-corrected chi connectivity index (χ3v) is 6.14. The van der Waals surface area contributed by atoms with E-state index >= 15 is 0 Å². The van der Waals surface area contributed by atoms with E-state index in [1.165, 1.54) is 10.6 Å². The molecule has 0 aromatic carbocycles. The molecule has 0 radical (unpaired) electrons. The van der Waals surface area contributed by atoms with Crippen molar-refractivity contribution in [3.63, 3.8) is 0 Å². The maximum absolute atomic E-state index is 13.2. The summed E-state index contributed by atoms with van der Waals surface area (Å²) in [5.74, 6) is 1.54. The minimum atomic E-state index is -0.850. The first-order valence-electron chi connectivity index (χ1n) is 10.6. The van der Waals surface area contributed by atoms with E-state index in [0.29, 0.717) is 18.9 Å². The number of nitrogens with zero attached hydrogens (tertiary/aromatic N) is 3. The second-order valence-electron chi connectivity index (χ2n) is 7.46. The molecule has 1 saturated heterocycles. The van der Waals surface area contributed by atoms with Gasteiger partial charge in [0.25, 0.3) is 0 Å². The van der Waals surface area contributed by atoms with Crippen molar-refractivity contribution in [2.75, 3.05) is 33.2 Å². The van der Waals surface area contributed by atoms with Crippen LogP contribution < -0.4 is 5.32 Å². The number of rotatable bonds is 11. The third kappa shape index (κ3) is 6.54. The van der Waals surface area contributed by atoms with Gasteiger partial charge in [0, 0.05) is 42.9 Å². The molecule has 164 valence electrons. The summed E-state index contributed by atoms with van der Waals surface area (Å²) in [7, 11) is 1.80. The maximum atomic E-state index is 13.2. The molecule has 2 heterocycles. The smallest absolute Gasteiger partial charge is 0.142 e. The predicted molar refractivity (Wildman–Crippen MR) is 131 cm³/mol. The molecule has 2 atom stereocenters. The van der Waals surface area contributed by atoms with E-state index in [2.05, 4.69) is 40.2 Å². The highest BCUT2D eigenvalue weighted by Crippen LogP contribution is 2.36. The number of allylic oxidation sites excluding steroid dienone is 5. The van der Waals surface area contributed by atoms with Crippen LogP contribution in [0.25, 0.3) is 0 Å². The number of alkyl halides is 1. The van der Waals surface area contributed by atoms with E-state index in [4.69, 9.17) is 4.99 Å². The van der Waals surface area contributed by atoms with E-state index in [-0.39, 0.29) is 0 Å². The number of thioether (sulfide) groups is 1. The summed E-state index contributed by atoms with van der Waals surface area (Å²) < 4.78 is 13.2. The van der Waals surface area contributed by atoms with Crippen molar-refractivity contribution in [2.24, 2.45) is 15.9 Å². The van der Waals surface area contributed by atoms with Crippen LogP contribution in [0.1, 0.15) is 33.6 Å². The SMILES string of the molecule is C=CCNCC1CC2=C(C(/C=C\CC(C)F)=N/C)CN=C(/C(=C\C)S/C=C\C)N2C1. The second-order valence-corrected chi connectivity index (χ2v) is 8.41. The molecule has 0 aromatic heterocycles. The average Bonchev–Trinajstić information content (AvgIpc) is 3.16. The lowest BCUT2D eigenvalue weighted by Crippen LogP contribution is -2.34. The van der Waals surface area contributed by atoms with Gasteiger partial charge in [0.1, 0.15) is 12.0 Å². The number of amidine groups is 1. The fourth-order valence-electron chi connectivity index (χ4n) is 3.68. The third-order valence-electron chi connectivity index (χ3n) is 5.06. The van der Waals surface area contributed by atoms with Crippen LogP contribution in [0.5, 0.6) is 0 Å². The Morgan fingerprint density at radius 2 is 2.27 bits per heavy atom. The highest BCUT2D eigenvalue weighted by atomic mass is 32.2. The van der Waals surface area contributed by atoms with E-state index in [0.717, 1.165) is 43.2 Å². The summed E-state index contributed by atoms with van der Waals surface area (Å²) >= 11 is 1.70. The van der Waals surface area contributed by atoms with Crippen LogP contribution in [0.2, 0.25) is 0 Å². The molecular weight excluding hydrogens is 395 g/mol. The molecule has 0 bridgehead atoms. The van der Waals surface area contributed by atoms with Crippen LogP contribution >= 0.6 is 11.8 Å². The van der Waals surface area contributed by atoms with Crippen molar-refractivity contribution < 1.29 is 4.39 Å². The molecule has 0 aromatic rings. The van der Waals surface area contributed by atoms with Gasteiger partial charge in [-0.05, 0) is 51.0 Å². The Morgan fingerprint density at radius 3 is 2.90 bits per heavy atom. The van der Waals surface area contributed by atoms with E-state index in [1.807, 2.05) is 31.2 Å². The van der Waals surface area contributed by atoms with Gasteiger partial charge in [-0.25, -0.2) is 4.39 Å². The Hall–Kier alpha value is -1.92. The molecule has 0 amide bonds. The van der Waals surface area contributed by atoms with Gasteiger partial charge in [-0.3, -0.25) is 9.98 Å². The fourth-order valence-corrected chi connectivity index (χ4v) is 4.38. The number of nitrogens with one attached hydrogen (secondary N) is 1. The Morgan fingerprint density at radius 1 is 1.47 bits per heavy atom. The van der Waals surface area contributed by atoms with Crippen molar-refractivity contribution in [1.82, 2.24) is 10.2 Å². The molecule has 0 aliphatic carbocycles. The van der Waals surface area contributed by atoms with E-state index in [9.17, 15) is 4.39 Å². The van der Waals surface area contributed by atoms with Gasteiger partial charge in [-0.2, -0.15) is 0 Å². The van der Waals surface area contributed by atoms with Crippen LogP contribution in [0.4, 0.5) is 4.39 Å². The van der Waals surface area contributed by atoms with Gasteiger partial charge in [-0.15, -0.1) is 6.58 Å². The minimum absolute atomic E-state index is 0.399. The molecule has 0 saturated carbocycles. The van der Waals surface area contributed by atoms with Crippen LogP contribution in [0.15, 0.2) is 68.5 Å². The molecule has 1 fully saturated rings. The van der Waals surface area contributed by atoms with Crippen molar-refractivity contribution in [3.05, 3.63) is 58.5 Å². The van der Waals surface area contributed by atoms with E-state index in [1.54, 1.807) is 25.7 Å². The normalized spacial score (nSPS) is 21.6. The Kier molecular flexibility index (Phi) is 10.3. The molecule has 30 heavy (non-hydrogen) atoms. The number of hydrogen-bond donors (Lipinski definition) is 1. The Labute approximate surface area is 185 Å². The lowest BCUT2D eigenvalue weighted by Gasteiger charge is -2.29. The number of hydrogen-bond acceptors (Lipinski definition) is 5. The summed E-state index contributed by atoms with van der Waals surface area (Å²) in [5, 5.41) is 5.55.